The minimum atomic E-state index is -3.46. The maximum atomic E-state index is 12.5. The topological polar surface area (TPSA) is 70.6 Å². The van der Waals surface area contributed by atoms with E-state index in [2.05, 4.69) is 4.98 Å². The average Bonchev–Trinajstić information content (AvgIpc) is 3.22. The van der Waals surface area contributed by atoms with Gasteiger partial charge in [0.15, 0.2) is 0 Å². The van der Waals surface area contributed by atoms with Gasteiger partial charge in [-0.15, -0.1) is 0 Å². The fourth-order valence-corrected chi connectivity index (χ4v) is 5.38. The van der Waals surface area contributed by atoms with Crippen LogP contribution >= 0.6 is 23.4 Å². The molecule has 28 heavy (non-hydrogen) atoms. The number of hydrogen-bond acceptors (Lipinski definition) is 5. The molecule has 1 aromatic heterocycles. The summed E-state index contributed by atoms with van der Waals surface area (Å²) in [7, 11) is -1.72. The third-order valence-corrected chi connectivity index (χ3v) is 7.54. The van der Waals surface area contributed by atoms with Gasteiger partial charge in [0.2, 0.25) is 15.9 Å². The molecule has 1 aromatic carbocycles. The first-order valence-electron chi connectivity index (χ1n) is 8.94. The molecule has 0 aliphatic carbocycles. The van der Waals surface area contributed by atoms with Crippen molar-refractivity contribution in [1.29, 1.82) is 0 Å². The van der Waals surface area contributed by atoms with Crippen LogP contribution in [0.4, 0.5) is 0 Å². The quantitative estimate of drug-likeness (QED) is 0.619. The third-order valence-electron chi connectivity index (χ3n) is 4.49. The number of thioether (sulfide) groups is 1. The molecule has 0 N–H and O–H groups in total. The van der Waals surface area contributed by atoms with Crippen LogP contribution in [0.2, 0.25) is 5.02 Å². The molecule has 0 spiro atoms. The van der Waals surface area contributed by atoms with Gasteiger partial charge in [-0.1, -0.05) is 35.5 Å². The van der Waals surface area contributed by atoms with E-state index in [0.717, 1.165) is 18.4 Å². The second-order valence-electron chi connectivity index (χ2n) is 6.61. The van der Waals surface area contributed by atoms with Crippen molar-refractivity contribution in [1.82, 2.24) is 14.2 Å². The predicted octanol–water partition coefficient (Wildman–Crippen LogP) is 3.27. The first-order valence-corrected chi connectivity index (χ1v) is 11.7. The Morgan fingerprint density at radius 3 is 2.64 bits per heavy atom. The summed E-state index contributed by atoms with van der Waals surface area (Å²) in [6, 6.07) is 10.6. The van der Waals surface area contributed by atoms with E-state index in [4.69, 9.17) is 11.6 Å². The van der Waals surface area contributed by atoms with Crippen LogP contribution in [0.25, 0.3) is 0 Å². The van der Waals surface area contributed by atoms with E-state index in [9.17, 15) is 13.2 Å². The summed E-state index contributed by atoms with van der Waals surface area (Å²) >= 11 is 7.26. The van der Waals surface area contributed by atoms with Crippen molar-refractivity contribution >= 4 is 39.3 Å². The lowest BCUT2D eigenvalue weighted by molar-refractivity contribution is -0.127. The summed E-state index contributed by atoms with van der Waals surface area (Å²) in [5, 5.41) is 1.26. The molecule has 0 bridgehead atoms. The minimum Gasteiger partial charge on any atom is -0.341 e. The summed E-state index contributed by atoms with van der Waals surface area (Å²) in [5.41, 5.74) is 0.961. The van der Waals surface area contributed by atoms with Crippen molar-refractivity contribution in [2.45, 2.75) is 29.3 Å². The number of aromatic nitrogens is 1. The Balaban J connectivity index is 1.55. The number of amides is 1. The van der Waals surface area contributed by atoms with Gasteiger partial charge in [-0.25, -0.2) is 13.4 Å². The zero-order chi connectivity index (χ0) is 20.1. The standard InChI is InChI=1S/C19H22ClN3O3S2/c1-22(13-15-5-4-6-16(20)11-15)19(24)14-27-18-8-7-17(12-21-18)28(25,26)23-9-2-3-10-23/h4-8,11-12H,2-3,9-10,13-14H2,1H3. The average molecular weight is 440 g/mol. The van der Waals surface area contributed by atoms with Gasteiger partial charge in [0.1, 0.15) is 4.90 Å². The highest BCUT2D eigenvalue weighted by Gasteiger charge is 2.27. The lowest BCUT2D eigenvalue weighted by Crippen LogP contribution is -2.28. The van der Waals surface area contributed by atoms with E-state index in [1.165, 1.54) is 22.3 Å². The number of nitrogens with zero attached hydrogens (tertiary/aromatic N) is 3. The number of rotatable bonds is 7. The highest BCUT2D eigenvalue weighted by atomic mass is 35.5. The van der Waals surface area contributed by atoms with Crippen LogP contribution in [0.5, 0.6) is 0 Å². The molecule has 0 atom stereocenters. The Labute approximate surface area is 174 Å². The molecule has 9 heteroatoms. The Morgan fingerprint density at radius 2 is 2.00 bits per heavy atom. The van der Waals surface area contributed by atoms with E-state index in [0.29, 0.717) is 29.7 Å². The highest BCUT2D eigenvalue weighted by Crippen LogP contribution is 2.23. The van der Waals surface area contributed by atoms with Gasteiger partial charge < -0.3 is 4.90 Å². The monoisotopic (exact) mass is 439 g/mol. The molecule has 0 radical (unpaired) electrons. The summed E-state index contributed by atoms with van der Waals surface area (Å²) in [6.07, 6.45) is 3.16. The summed E-state index contributed by atoms with van der Waals surface area (Å²) in [6.45, 7) is 1.60. The molecule has 2 heterocycles. The van der Waals surface area contributed by atoms with Crippen molar-refractivity contribution < 1.29 is 13.2 Å². The van der Waals surface area contributed by atoms with Crippen molar-refractivity contribution in [2.75, 3.05) is 25.9 Å². The molecule has 1 amide bonds. The first-order chi connectivity index (χ1) is 13.4. The maximum Gasteiger partial charge on any atom is 0.244 e. The molecule has 0 saturated carbocycles. The van der Waals surface area contributed by atoms with Gasteiger partial charge >= 0.3 is 0 Å². The molecule has 3 rings (SSSR count). The van der Waals surface area contributed by atoms with Gasteiger partial charge in [-0.2, -0.15) is 4.31 Å². The van der Waals surface area contributed by atoms with E-state index in [-0.39, 0.29) is 16.6 Å². The van der Waals surface area contributed by atoms with Gasteiger partial charge in [0.05, 0.1) is 10.8 Å². The smallest absolute Gasteiger partial charge is 0.244 e. The lowest BCUT2D eigenvalue weighted by atomic mass is 10.2. The molecule has 2 aromatic rings. The summed E-state index contributed by atoms with van der Waals surface area (Å²) in [4.78, 5) is 18.4. The number of hydrogen-bond donors (Lipinski definition) is 0. The van der Waals surface area contributed by atoms with Gasteiger partial charge in [0, 0.05) is 37.9 Å². The zero-order valence-corrected chi connectivity index (χ0v) is 17.9. The molecule has 1 aliphatic heterocycles. The summed E-state index contributed by atoms with van der Waals surface area (Å²) in [5.74, 6) is 0.183. The normalized spacial score (nSPS) is 14.9. The number of halogens is 1. The Morgan fingerprint density at radius 1 is 1.25 bits per heavy atom. The second-order valence-corrected chi connectivity index (χ2v) is 9.98. The van der Waals surface area contributed by atoms with Crippen LogP contribution in [0.1, 0.15) is 18.4 Å². The molecule has 150 valence electrons. The Bertz CT molecular complexity index is 930. The number of benzene rings is 1. The second kappa shape index (κ2) is 9.26. The minimum absolute atomic E-state index is 0.0412. The Hall–Kier alpha value is -1.61. The molecule has 1 saturated heterocycles. The Kier molecular flexibility index (Phi) is 6.98. The lowest BCUT2D eigenvalue weighted by Gasteiger charge is -2.17. The molecule has 6 nitrogen and oxygen atoms in total. The fourth-order valence-electron chi connectivity index (χ4n) is 2.93. The van der Waals surface area contributed by atoms with Crippen LogP contribution in [0.3, 0.4) is 0 Å². The van der Waals surface area contributed by atoms with Crippen LogP contribution in [0.15, 0.2) is 52.5 Å². The van der Waals surface area contributed by atoms with Crippen LogP contribution in [-0.4, -0.2) is 54.4 Å². The number of carbonyl (C=O) groups excluding carboxylic acids is 1. The van der Waals surface area contributed by atoms with Crippen LogP contribution < -0.4 is 0 Å². The van der Waals surface area contributed by atoms with E-state index in [1.807, 2.05) is 18.2 Å². The maximum absolute atomic E-state index is 12.5. The largest absolute Gasteiger partial charge is 0.341 e. The van der Waals surface area contributed by atoms with Gasteiger partial charge in [0.25, 0.3) is 0 Å². The predicted molar refractivity (Wildman–Crippen MR) is 111 cm³/mol. The van der Waals surface area contributed by atoms with Crippen LogP contribution in [0, 0.1) is 0 Å². The molecule has 1 fully saturated rings. The van der Waals surface area contributed by atoms with Crippen molar-refractivity contribution in [2.24, 2.45) is 0 Å². The first kappa shape index (κ1) is 21.1. The zero-order valence-electron chi connectivity index (χ0n) is 15.5. The molecular weight excluding hydrogens is 418 g/mol. The number of carbonyl (C=O) groups is 1. The number of sulfonamides is 1. The number of pyridine rings is 1. The van der Waals surface area contributed by atoms with E-state index < -0.39 is 10.0 Å². The van der Waals surface area contributed by atoms with Crippen molar-refractivity contribution in [3.05, 3.63) is 53.2 Å². The molecule has 0 unspecified atom stereocenters. The summed E-state index contributed by atoms with van der Waals surface area (Å²) < 4.78 is 26.5. The molecular formula is C19H22ClN3O3S2. The van der Waals surface area contributed by atoms with Gasteiger partial charge in [-0.3, -0.25) is 4.79 Å². The third kappa shape index (κ3) is 5.26. The highest BCUT2D eigenvalue weighted by molar-refractivity contribution is 7.99. The fraction of sp³-hybridized carbons (Fsp3) is 0.368. The van der Waals surface area contributed by atoms with Crippen LogP contribution in [-0.2, 0) is 21.4 Å². The molecule has 1 aliphatic rings. The SMILES string of the molecule is CN(Cc1cccc(Cl)c1)C(=O)CSc1ccc(S(=O)(=O)N2CCCC2)cn1. The van der Waals surface area contributed by atoms with E-state index in [1.54, 1.807) is 30.1 Å². The van der Waals surface area contributed by atoms with Crippen molar-refractivity contribution in [3.8, 4) is 0 Å². The van der Waals surface area contributed by atoms with Gasteiger partial charge in [-0.05, 0) is 42.7 Å². The van der Waals surface area contributed by atoms with Crippen molar-refractivity contribution in [3.63, 3.8) is 0 Å². The van der Waals surface area contributed by atoms with E-state index >= 15 is 0 Å².